The number of benzene rings is 1. The highest BCUT2D eigenvalue weighted by Crippen LogP contribution is 2.31. The predicted molar refractivity (Wildman–Crippen MR) is 90.3 cm³/mol. The zero-order valence-electron chi connectivity index (χ0n) is 13.1. The van der Waals surface area contributed by atoms with Crippen molar-refractivity contribution < 1.29 is 0 Å². The van der Waals surface area contributed by atoms with E-state index in [4.69, 9.17) is 0 Å². The van der Waals surface area contributed by atoms with Crippen LogP contribution in [0.25, 0.3) is 5.69 Å². The molecule has 1 aromatic carbocycles. The van der Waals surface area contributed by atoms with Crippen LogP contribution < -0.4 is 5.32 Å². The zero-order chi connectivity index (χ0) is 15.4. The Labute approximate surface area is 135 Å². The summed E-state index contributed by atoms with van der Waals surface area (Å²) in [7, 11) is 0. The monoisotopic (exact) mass is 317 g/mol. The van der Waals surface area contributed by atoms with Crippen LogP contribution in [0.1, 0.15) is 44.7 Å². The number of aromatic nitrogens is 4. The van der Waals surface area contributed by atoms with E-state index in [2.05, 4.69) is 70.7 Å². The van der Waals surface area contributed by atoms with Crippen LogP contribution >= 0.6 is 11.8 Å². The summed E-state index contributed by atoms with van der Waals surface area (Å²) in [6, 6.07) is 9.46. The molecule has 0 aliphatic heterocycles. The van der Waals surface area contributed by atoms with Gasteiger partial charge in [-0.25, -0.2) is 4.68 Å². The lowest BCUT2D eigenvalue weighted by molar-refractivity contribution is 0.462. The Hall–Kier alpha value is -1.40. The summed E-state index contributed by atoms with van der Waals surface area (Å²) in [6.07, 6.45) is 5.55. The summed E-state index contributed by atoms with van der Waals surface area (Å²) in [5.74, 6) is 1.23. The second kappa shape index (κ2) is 7.24. The third-order valence-corrected chi connectivity index (χ3v) is 5.51. The first-order valence-electron chi connectivity index (χ1n) is 7.97. The fourth-order valence-corrected chi connectivity index (χ4v) is 4.27. The number of hydrogen-bond donors (Lipinski definition) is 1. The second-order valence-corrected chi connectivity index (χ2v) is 7.40. The molecular weight excluding hydrogens is 294 g/mol. The average Bonchev–Trinajstić information content (AvgIpc) is 3.20. The van der Waals surface area contributed by atoms with Crippen molar-refractivity contribution in [3.05, 3.63) is 36.2 Å². The highest BCUT2D eigenvalue weighted by Gasteiger charge is 2.25. The molecule has 1 N–H and O–H groups in total. The molecule has 1 fully saturated rings. The van der Waals surface area contributed by atoms with Gasteiger partial charge in [0.2, 0.25) is 0 Å². The number of rotatable bonds is 6. The van der Waals surface area contributed by atoms with Crippen molar-refractivity contribution in [3.63, 3.8) is 0 Å². The maximum absolute atomic E-state index is 3.91. The SMILES string of the molecule is CCSC1CCC(NC(C)c2ccc(-n3cnnn3)cc2)C1. The molecule has 22 heavy (non-hydrogen) atoms. The zero-order valence-corrected chi connectivity index (χ0v) is 14.0. The van der Waals surface area contributed by atoms with Crippen LogP contribution in [0.3, 0.4) is 0 Å². The first kappa shape index (κ1) is 15.5. The molecule has 0 amide bonds. The third-order valence-electron chi connectivity index (χ3n) is 4.28. The van der Waals surface area contributed by atoms with Gasteiger partial charge in [0.25, 0.3) is 0 Å². The summed E-state index contributed by atoms with van der Waals surface area (Å²) in [6.45, 7) is 4.49. The van der Waals surface area contributed by atoms with E-state index in [0.717, 1.165) is 10.9 Å². The van der Waals surface area contributed by atoms with Crippen LogP contribution in [0.2, 0.25) is 0 Å². The Morgan fingerprint density at radius 2 is 2.14 bits per heavy atom. The quantitative estimate of drug-likeness (QED) is 0.887. The number of nitrogens with one attached hydrogen (secondary N) is 1. The van der Waals surface area contributed by atoms with Gasteiger partial charge in [-0.3, -0.25) is 0 Å². The van der Waals surface area contributed by atoms with E-state index < -0.39 is 0 Å². The molecule has 3 unspecified atom stereocenters. The first-order valence-corrected chi connectivity index (χ1v) is 9.02. The van der Waals surface area contributed by atoms with Gasteiger partial charge in [0, 0.05) is 17.3 Å². The van der Waals surface area contributed by atoms with Crippen molar-refractivity contribution in [1.82, 2.24) is 25.5 Å². The standard InChI is InChI=1S/C16H23N5S/c1-3-22-16-9-6-14(10-16)18-12(2)13-4-7-15(8-5-13)21-11-17-19-20-21/h4-5,7-8,11-12,14,16,18H,3,6,9-10H2,1-2H3. The summed E-state index contributed by atoms with van der Waals surface area (Å²) in [4.78, 5) is 0. The molecule has 1 aliphatic carbocycles. The molecule has 2 aromatic rings. The van der Waals surface area contributed by atoms with Crippen LogP contribution in [0.4, 0.5) is 0 Å². The molecule has 1 saturated carbocycles. The van der Waals surface area contributed by atoms with Gasteiger partial charge in [-0.2, -0.15) is 11.8 Å². The van der Waals surface area contributed by atoms with E-state index in [1.54, 1.807) is 11.0 Å². The van der Waals surface area contributed by atoms with Gasteiger partial charge in [-0.15, -0.1) is 5.10 Å². The van der Waals surface area contributed by atoms with E-state index >= 15 is 0 Å². The molecule has 0 bridgehead atoms. The Kier molecular flexibility index (Phi) is 5.10. The summed E-state index contributed by atoms with van der Waals surface area (Å²) < 4.78 is 1.67. The minimum atomic E-state index is 0.373. The third kappa shape index (κ3) is 3.67. The predicted octanol–water partition coefficient (Wildman–Crippen LogP) is 2.99. The molecule has 1 aromatic heterocycles. The molecule has 118 valence electrons. The molecule has 3 atom stereocenters. The number of nitrogens with zero attached hydrogens (tertiary/aromatic N) is 4. The summed E-state index contributed by atoms with van der Waals surface area (Å²) in [5, 5.41) is 15.9. The van der Waals surface area contributed by atoms with E-state index in [9.17, 15) is 0 Å². The largest absolute Gasteiger partial charge is 0.307 e. The molecule has 1 aliphatic rings. The van der Waals surface area contributed by atoms with Gasteiger partial charge in [0.05, 0.1) is 5.69 Å². The van der Waals surface area contributed by atoms with Crippen LogP contribution in [-0.4, -0.2) is 37.3 Å². The Morgan fingerprint density at radius 3 is 2.82 bits per heavy atom. The molecular formula is C16H23N5S. The lowest BCUT2D eigenvalue weighted by atomic mass is 10.1. The maximum Gasteiger partial charge on any atom is 0.143 e. The van der Waals surface area contributed by atoms with Crippen LogP contribution in [0, 0.1) is 0 Å². The van der Waals surface area contributed by atoms with Gasteiger partial charge < -0.3 is 5.32 Å². The smallest absolute Gasteiger partial charge is 0.143 e. The van der Waals surface area contributed by atoms with E-state index in [1.165, 1.54) is 30.6 Å². The first-order chi connectivity index (χ1) is 10.8. The van der Waals surface area contributed by atoms with Gasteiger partial charge in [0.1, 0.15) is 6.33 Å². The Balaban J connectivity index is 1.57. The van der Waals surface area contributed by atoms with E-state index in [-0.39, 0.29) is 0 Å². The van der Waals surface area contributed by atoms with E-state index in [0.29, 0.717) is 12.1 Å². The Morgan fingerprint density at radius 1 is 1.32 bits per heavy atom. The van der Waals surface area contributed by atoms with Crippen molar-refractivity contribution in [2.45, 2.75) is 50.4 Å². The highest BCUT2D eigenvalue weighted by atomic mass is 32.2. The molecule has 5 nitrogen and oxygen atoms in total. The minimum Gasteiger partial charge on any atom is -0.307 e. The molecule has 1 heterocycles. The van der Waals surface area contributed by atoms with E-state index in [1.807, 2.05) is 0 Å². The number of thioether (sulfide) groups is 1. The molecule has 0 spiro atoms. The second-order valence-electron chi connectivity index (χ2n) is 5.82. The van der Waals surface area contributed by atoms with Gasteiger partial charge >= 0.3 is 0 Å². The average molecular weight is 317 g/mol. The van der Waals surface area contributed by atoms with Crippen LogP contribution in [-0.2, 0) is 0 Å². The minimum absolute atomic E-state index is 0.373. The molecule has 6 heteroatoms. The van der Waals surface area contributed by atoms with Crippen LogP contribution in [0.15, 0.2) is 30.6 Å². The van der Waals surface area contributed by atoms with Gasteiger partial charge in [0.15, 0.2) is 0 Å². The van der Waals surface area contributed by atoms with Gasteiger partial charge in [-0.05, 0) is 60.1 Å². The Bertz CT molecular complexity index is 569. The summed E-state index contributed by atoms with van der Waals surface area (Å²) in [5.41, 5.74) is 2.30. The van der Waals surface area contributed by atoms with Crippen molar-refractivity contribution >= 4 is 11.8 Å². The fraction of sp³-hybridized carbons (Fsp3) is 0.562. The number of tetrazole rings is 1. The molecule has 0 saturated heterocycles. The topological polar surface area (TPSA) is 55.6 Å². The van der Waals surface area contributed by atoms with Crippen molar-refractivity contribution in [3.8, 4) is 5.69 Å². The summed E-state index contributed by atoms with van der Waals surface area (Å²) >= 11 is 2.10. The van der Waals surface area contributed by atoms with Crippen LogP contribution in [0.5, 0.6) is 0 Å². The maximum atomic E-state index is 3.91. The highest BCUT2D eigenvalue weighted by molar-refractivity contribution is 7.99. The lowest BCUT2D eigenvalue weighted by Crippen LogP contribution is -2.29. The van der Waals surface area contributed by atoms with Crippen molar-refractivity contribution in [2.24, 2.45) is 0 Å². The number of hydrogen-bond acceptors (Lipinski definition) is 5. The van der Waals surface area contributed by atoms with Crippen molar-refractivity contribution in [2.75, 3.05) is 5.75 Å². The van der Waals surface area contributed by atoms with Crippen molar-refractivity contribution in [1.29, 1.82) is 0 Å². The fourth-order valence-electron chi connectivity index (χ4n) is 3.12. The van der Waals surface area contributed by atoms with Gasteiger partial charge in [-0.1, -0.05) is 19.1 Å². The normalized spacial score (nSPS) is 22.8. The molecule has 0 radical (unpaired) electrons. The lowest BCUT2D eigenvalue weighted by Gasteiger charge is -2.20. The molecule has 3 rings (SSSR count).